The van der Waals surface area contributed by atoms with Crippen LogP contribution in [0.2, 0.25) is 0 Å². The fourth-order valence-corrected chi connectivity index (χ4v) is 3.71. The number of rotatable bonds is 3. The minimum atomic E-state index is 0.636. The second kappa shape index (κ2) is 6.81. The maximum Gasteiger partial charge on any atom is 0.161 e. The van der Waals surface area contributed by atoms with Gasteiger partial charge in [0.05, 0.1) is 22.4 Å². The van der Waals surface area contributed by atoms with Crippen molar-refractivity contribution in [3.63, 3.8) is 0 Å². The average Bonchev–Trinajstić information content (AvgIpc) is 3.43. The van der Waals surface area contributed by atoms with Crippen LogP contribution in [0.5, 0.6) is 0 Å². The molecule has 0 saturated carbocycles. The number of nitrogens with zero attached hydrogens (tertiary/aromatic N) is 6. The molecule has 0 aliphatic carbocycles. The zero-order valence-corrected chi connectivity index (χ0v) is 16.5. The lowest BCUT2D eigenvalue weighted by Crippen LogP contribution is -1.90. The quantitative estimate of drug-likeness (QED) is 0.454. The van der Waals surface area contributed by atoms with E-state index < -0.39 is 0 Å². The van der Waals surface area contributed by atoms with Crippen molar-refractivity contribution in [1.82, 2.24) is 40.1 Å². The van der Waals surface area contributed by atoms with Crippen LogP contribution in [-0.2, 0) is 0 Å². The van der Waals surface area contributed by atoms with Gasteiger partial charge in [0.25, 0.3) is 0 Å². The molecule has 0 aliphatic rings. The molecule has 8 heteroatoms. The topological polar surface area (TPSA) is 109 Å². The van der Waals surface area contributed by atoms with E-state index in [2.05, 4.69) is 30.1 Å². The van der Waals surface area contributed by atoms with Gasteiger partial charge in [-0.1, -0.05) is 0 Å². The molecular weight excluding hydrogens is 388 g/mol. The van der Waals surface area contributed by atoms with Crippen LogP contribution >= 0.6 is 0 Å². The van der Waals surface area contributed by atoms with Crippen LogP contribution in [0.4, 0.5) is 0 Å². The Morgan fingerprint density at radius 2 is 1.58 bits per heavy atom. The first-order valence-corrected chi connectivity index (χ1v) is 9.79. The van der Waals surface area contributed by atoms with Crippen LogP contribution in [0.1, 0.15) is 5.56 Å². The maximum absolute atomic E-state index is 4.88. The highest BCUT2D eigenvalue weighted by molar-refractivity contribution is 5.95. The Bertz CT molecular complexity index is 1550. The first-order valence-electron chi connectivity index (χ1n) is 9.79. The van der Waals surface area contributed by atoms with Gasteiger partial charge in [0.1, 0.15) is 11.0 Å². The van der Waals surface area contributed by atoms with E-state index in [-0.39, 0.29) is 0 Å². The Hall–Kier alpha value is -4.46. The number of H-pyrrole nitrogens is 2. The van der Waals surface area contributed by atoms with Crippen molar-refractivity contribution in [2.75, 3.05) is 0 Å². The Labute approximate surface area is 176 Å². The molecule has 0 atom stereocenters. The summed E-state index contributed by atoms with van der Waals surface area (Å²) in [5.74, 6) is 0.636. The van der Waals surface area contributed by atoms with Gasteiger partial charge in [-0.3, -0.25) is 20.1 Å². The number of nitrogens with one attached hydrogen (secondary N) is 2. The summed E-state index contributed by atoms with van der Waals surface area (Å²) in [6.07, 6.45) is 8.87. The van der Waals surface area contributed by atoms with Crippen LogP contribution in [0, 0.1) is 6.92 Å². The molecule has 6 rings (SSSR count). The van der Waals surface area contributed by atoms with E-state index in [0.717, 1.165) is 50.1 Å². The first-order chi connectivity index (χ1) is 15.3. The normalized spacial score (nSPS) is 11.4. The van der Waals surface area contributed by atoms with Crippen LogP contribution in [0.3, 0.4) is 0 Å². The number of hydrogen-bond donors (Lipinski definition) is 2. The molecule has 0 radical (unpaired) electrons. The lowest BCUT2D eigenvalue weighted by atomic mass is 10.1. The van der Waals surface area contributed by atoms with Gasteiger partial charge in [0.15, 0.2) is 11.5 Å². The lowest BCUT2D eigenvalue weighted by Gasteiger charge is -2.04. The standard InChI is InChI=1S/C23H16N8/c1-13-4-8-25-12-15(13)16-2-3-18-21(27-16)22(31-30-18)23-28-17-7-11-26-19(20(17)29-23)14-5-9-24-10-6-14/h2-12H,1H3,(H,28,29)(H,30,31). The molecule has 31 heavy (non-hydrogen) atoms. The van der Waals surface area contributed by atoms with Crippen LogP contribution in [0.25, 0.3) is 56.1 Å². The second-order valence-electron chi connectivity index (χ2n) is 7.23. The Kier molecular flexibility index (Phi) is 3.82. The predicted octanol–water partition coefficient (Wildman–Crippen LogP) is 4.33. The van der Waals surface area contributed by atoms with Gasteiger partial charge in [-0.05, 0) is 48.9 Å². The Balaban J connectivity index is 1.52. The van der Waals surface area contributed by atoms with Gasteiger partial charge in [-0.15, -0.1) is 0 Å². The zero-order valence-electron chi connectivity index (χ0n) is 16.5. The molecule has 0 spiro atoms. The molecule has 6 aromatic heterocycles. The van der Waals surface area contributed by atoms with Gasteiger partial charge < -0.3 is 4.98 Å². The molecule has 8 nitrogen and oxygen atoms in total. The monoisotopic (exact) mass is 404 g/mol. The third-order valence-corrected chi connectivity index (χ3v) is 5.30. The van der Waals surface area contributed by atoms with Gasteiger partial charge >= 0.3 is 0 Å². The molecule has 2 N–H and O–H groups in total. The van der Waals surface area contributed by atoms with E-state index in [0.29, 0.717) is 11.5 Å². The van der Waals surface area contributed by atoms with E-state index in [9.17, 15) is 0 Å². The molecular formula is C23H16N8. The molecule has 0 bridgehead atoms. The van der Waals surface area contributed by atoms with Crippen molar-refractivity contribution < 1.29 is 0 Å². The van der Waals surface area contributed by atoms with E-state index in [1.54, 1.807) is 24.8 Å². The molecule has 0 fully saturated rings. The smallest absolute Gasteiger partial charge is 0.161 e. The highest BCUT2D eigenvalue weighted by atomic mass is 15.2. The summed E-state index contributed by atoms with van der Waals surface area (Å²) in [5, 5.41) is 7.55. The number of imidazole rings is 1. The molecule has 0 unspecified atom stereocenters. The predicted molar refractivity (Wildman–Crippen MR) is 118 cm³/mol. The summed E-state index contributed by atoms with van der Waals surface area (Å²) in [6, 6.07) is 11.7. The Morgan fingerprint density at radius 3 is 2.45 bits per heavy atom. The lowest BCUT2D eigenvalue weighted by molar-refractivity contribution is 1.10. The SMILES string of the molecule is Cc1ccncc1-c1ccc2[nH]nc(-c3nc4c(-c5ccncc5)nccc4[nH]3)c2n1. The molecule has 6 heterocycles. The van der Waals surface area contributed by atoms with E-state index in [1.165, 1.54) is 0 Å². The van der Waals surface area contributed by atoms with Crippen molar-refractivity contribution in [2.24, 2.45) is 0 Å². The van der Waals surface area contributed by atoms with Crippen molar-refractivity contribution in [3.8, 4) is 34.0 Å². The van der Waals surface area contributed by atoms with Crippen molar-refractivity contribution >= 4 is 22.1 Å². The number of aromatic nitrogens is 8. The largest absolute Gasteiger partial charge is 0.336 e. The van der Waals surface area contributed by atoms with Crippen molar-refractivity contribution in [1.29, 1.82) is 0 Å². The number of aryl methyl sites for hydroxylation is 1. The summed E-state index contributed by atoms with van der Waals surface area (Å²) < 4.78 is 0. The number of aromatic amines is 2. The van der Waals surface area contributed by atoms with Gasteiger partial charge in [-0.2, -0.15) is 5.10 Å². The Morgan fingerprint density at radius 1 is 0.742 bits per heavy atom. The van der Waals surface area contributed by atoms with Gasteiger partial charge in [0.2, 0.25) is 0 Å². The molecule has 0 aliphatic heterocycles. The van der Waals surface area contributed by atoms with E-state index >= 15 is 0 Å². The summed E-state index contributed by atoms with van der Waals surface area (Å²) in [6.45, 7) is 2.05. The molecule has 148 valence electrons. The van der Waals surface area contributed by atoms with Gasteiger partial charge in [0, 0.05) is 42.1 Å². The van der Waals surface area contributed by atoms with Crippen molar-refractivity contribution in [3.05, 3.63) is 72.9 Å². The van der Waals surface area contributed by atoms with Crippen LogP contribution in [0.15, 0.2) is 67.4 Å². The number of hydrogen-bond acceptors (Lipinski definition) is 6. The minimum absolute atomic E-state index is 0.636. The molecule has 0 saturated heterocycles. The average molecular weight is 404 g/mol. The minimum Gasteiger partial charge on any atom is -0.336 e. The van der Waals surface area contributed by atoms with E-state index in [4.69, 9.17) is 9.97 Å². The summed E-state index contributed by atoms with van der Waals surface area (Å²) >= 11 is 0. The van der Waals surface area contributed by atoms with Crippen molar-refractivity contribution in [2.45, 2.75) is 6.92 Å². The summed E-state index contributed by atoms with van der Waals surface area (Å²) in [4.78, 5) is 25.9. The zero-order chi connectivity index (χ0) is 20.8. The number of fused-ring (bicyclic) bond motifs is 2. The third-order valence-electron chi connectivity index (χ3n) is 5.30. The highest BCUT2D eigenvalue weighted by Gasteiger charge is 2.17. The van der Waals surface area contributed by atoms with Crippen LogP contribution in [-0.4, -0.2) is 40.1 Å². The molecule has 6 aromatic rings. The number of pyridine rings is 4. The third kappa shape index (κ3) is 2.84. The fourth-order valence-electron chi connectivity index (χ4n) is 3.71. The fraction of sp³-hybridized carbons (Fsp3) is 0.0435. The molecule has 0 amide bonds. The summed E-state index contributed by atoms with van der Waals surface area (Å²) in [7, 11) is 0. The second-order valence-corrected chi connectivity index (χ2v) is 7.23. The van der Waals surface area contributed by atoms with E-state index in [1.807, 2.05) is 49.5 Å². The summed E-state index contributed by atoms with van der Waals surface area (Å²) in [5.41, 5.74) is 8.61. The maximum atomic E-state index is 4.88. The van der Waals surface area contributed by atoms with Crippen LogP contribution < -0.4 is 0 Å². The van der Waals surface area contributed by atoms with Gasteiger partial charge in [-0.25, -0.2) is 9.97 Å². The highest BCUT2D eigenvalue weighted by Crippen LogP contribution is 2.30. The first kappa shape index (κ1) is 17.4. The molecule has 0 aromatic carbocycles.